The van der Waals surface area contributed by atoms with E-state index in [0.29, 0.717) is 5.41 Å². The van der Waals surface area contributed by atoms with Crippen LogP contribution in [0.2, 0.25) is 0 Å². The van der Waals surface area contributed by atoms with Crippen LogP contribution in [0.4, 0.5) is 4.79 Å². The second kappa shape index (κ2) is 5.92. The number of piperazine rings is 1. The predicted molar refractivity (Wildman–Crippen MR) is 90.7 cm³/mol. The first-order valence-electron chi connectivity index (χ1n) is 8.48. The first-order valence-corrected chi connectivity index (χ1v) is 9.00. The lowest BCUT2D eigenvalue weighted by atomic mass is 9.78. The number of ether oxygens (including phenoxy) is 1. The van der Waals surface area contributed by atoms with Crippen molar-refractivity contribution in [3.05, 3.63) is 0 Å². The van der Waals surface area contributed by atoms with Gasteiger partial charge in [0.1, 0.15) is 5.60 Å². The first kappa shape index (κ1) is 16.5. The van der Waals surface area contributed by atoms with Crippen LogP contribution in [-0.4, -0.2) is 71.5 Å². The molecule has 1 aliphatic carbocycles. The van der Waals surface area contributed by atoms with Gasteiger partial charge in [-0.25, -0.2) is 4.79 Å². The smallest absolute Gasteiger partial charge is 0.410 e. The minimum atomic E-state index is -0.393. The minimum Gasteiger partial charge on any atom is -0.444 e. The molecule has 3 aliphatic rings. The van der Waals surface area contributed by atoms with E-state index in [2.05, 4.69) is 19.0 Å². The van der Waals surface area contributed by atoms with Crippen LogP contribution in [-0.2, 0) is 4.74 Å². The fraction of sp³-hybridized carbons (Fsp3) is 0.938. The summed E-state index contributed by atoms with van der Waals surface area (Å²) < 4.78 is 7.80. The molecule has 126 valence electrons. The highest BCUT2D eigenvalue weighted by molar-refractivity contribution is 7.13. The summed E-state index contributed by atoms with van der Waals surface area (Å²) in [6.45, 7) is 12.2. The van der Waals surface area contributed by atoms with Gasteiger partial charge in [0, 0.05) is 50.7 Å². The summed E-state index contributed by atoms with van der Waals surface area (Å²) in [4.78, 5) is 16.6. The zero-order chi connectivity index (χ0) is 16.0. The van der Waals surface area contributed by atoms with Crippen LogP contribution in [0.25, 0.3) is 0 Å². The average molecular weight is 327 g/mol. The second-order valence-electron chi connectivity index (χ2n) is 8.30. The molecule has 1 spiro atoms. The van der Waals surface area contributed by atoms with Crippen LogP contribution in [0.15, 0.2) is 0 Å². The summed E-state index contributed by atoms with van der Waals surface area (Å²) in [5.41, 5.74) is -0.0183. The molecule has 3 rings (SSSR count). The Hall–Kier alpha value is -0.380. The number of hydrogen-bond acceptors (Lipinski definition) is 4. The Morgan fingerprint density at radius 1 is 1.18 bits per heavy atom. The van der Waals surface area contributed by atoms with Crippen molar-refractivity contribution in [2.24, 2.45) is 5.41 Å². The van der Waals surface area contributed by atoms with Gasteiger partial charge >= 0.3 is 6.09 Å². The predicted octanol–water partition coefficient (Wildman–Crippen LogP) is 2.18. The molecule has 2 heterocycles. The summed E-state index contributed by atoms with van der Waals surface area (Å²) in [5.74, 6) is 0. The van der Waals surface area contributed by atoms with Crippen molar-refractivity contribution in [3.8, 4) is 0 Å². The second-order valence-corrected chi connectivity index (χ2v) is 9.04. The highest BCUT2D eigenvalue weighted by atomic mass is 31.0. The molecule has 6 heteroatoms. The van der Waals surface area contributed by atoms with Crippen LogP contribution in [0, 0.1) is 5.41 Å². The fourth-order valence-corrected chi connectivity index (χ4v) is 4.33. The van der Waals surface area contributed by atoms with Crippen molar-refractivity contribution in [1.29, 1.82) is 0 Å². The summed E-state index contributed by atoms with van der Waals surface area (Å²) in [6, 6.07) is 0.722. The van der Waals surface area contributed by atoms with Gasteiger partial charge in [0.25, 0.3) is 0 Å². The minimum absolute atomic E-state index is 0.141. The average Bonchev–Trinajstić information content (AvgIpc) is 2.81. The van der Waals surface area contributed by atoms with Gasteiger partial charge in [-0.05, 0) is 40.0 Å². The molecule has 3 fully saturated rings. The number of carbonyl (C=O) groups is 1. The third kappa shape index (κ3) is 3.58. The first-order chi connectivity index (χ1) is 10.3. The van der Waals surface area contributed by atoms with Crippen molar-refractivity contribution in [3.63, 3.8) is 0 Å². The van der Waals surface area contributed by atoms with Crippen molar-refractivity contribution < 1.29 is 9.53 Å². The van der Waals surface area contributed by atoms with Crippen LogP contribution >= 0.6 is 9.39 Å². The van der Waals surface area contributed by atoms with Gasteiger partial charge in [0.2, 0.25) is 0 Å². The Kier molecular flexibility index (Phi) is 4.43. The molecule has 0 aromatic heterocycles. The maximum atomic E-state index is 12.1. The Balaban J connectivity index is 1.47. The van der Waals surface area contributed by atoms with Crippen LogP contribution in [0.3, 0.4) is 0 Å². The number of carbonyl (C=O) groups excluding carboxylic acids is 1. The fourth-order valence-electron chi connectivity index (χ4n) is 4.10. The molecule has 1 saturated carbocycles. The molecule has 5 nitrogen and oxygen atoms in total. The monoisotopic (exact) mass is 327 g/mol. The molecule has 0 aromatic carbocycles. The molecule has 2 atom stereocenters. The Morgan fingerprint density at radius 3 is 2.41 bits per heavy atom. The van der Waals surface area contributed by atoms with Gasteiger partial charge in [0.15, 0.2) is 0 Å². The summed E-state index contributed by atoms with van der Waals surface area (Å²) in [5, 5.41) is 0. The molecular weight excluding hydrogens is 297 g/mol. The quantitative estimate of drug-likeness (QED) is 0.692. The molecule has 0 aromatic rings. The molecule has 0 bridgehead atoms. The van der Waals surface area contributed by atoms with E-state index in [1.807, 2.05) is 25.7 Å². The lowest BCUT2D eigenvalue weighted by Crippen LogP contribution is -2.59. The van der Waals surface area contributed by atoms with Gasteiger partial charge in [-0.2, -0.15) is 0 Å². The highest BCUT2D eigenvalue weighted by Crippen LogP contribution is 2.47. The van der Waals surface area contributed by atoms with E-state index in [1.54, 1.807) is 0 Å². The van der Waals surface area contributed by atoms with E-state index in [0.717, 1.165) is 32.2 Å². The van der Waals surface area contributed by atoms with Crippen molar-refractivity contribution in [2.75, 3.05) is 39.3 Å². The van der Waals surface area contributed by atoms with E-state index >= 15 is 0 Å². The summed E-state index contributed by atoms with van der Waals surface area (Å²) in [7, 11) is 2.81. The normalized spacial score (nSPS) is 29.6. The number of likely N-dealkylation sites (tertiary alicyclic amines) is 1. The number of hydrogen-bond donors (Lipinski definition) is 0. The Labute approximate surface area is 136 Å². The third-order valence-corrected chi connectivity index (χ3v) is 5.76. The van der Waals surface area contributed by atoms with Gasteiger partial charge in [-0.1, -0.05) is 9.39 Å². The molecule has 22 heavy (non-hydrogen) atoms. The molecule has 0 N–H and O–H groups in total. The SMILES string of the molecule is CC(C)(C)OC(=O)N1CC2(CC[C@@H](N3CCN(P)CC3)C2)C1. The highest BCUT2D eigenvalue weighted by Gasteiger charge is 2.51. The zero-order valence-corrected chi connectivity index (χ0v) is 15.3. The van der Waals surface area contributed by atoms with Crippen LogP contribution in [0.5, 0.6) is 0 Å². The van der Waals surface area contributed by atoms with E-state index in [4.69, 9.17) is 4.74 Å². The Morgan fingerprint density at radius 2 is 1.82 bits per heavy atom. The maximum absolute atomic E-state index is 12.1. The molecule has 2 aliphatic heterocycles. The van der Waals surface area contributed by atoms with Gasteiger partial charge in [-0.3, -0.25) is 9.57 Å². The van der Waals surface area contributed by atoms with E-state index < -0.39 is 5.60 Å². The van der Waals surface area contributed by atoms with E-state index in [1.165, 1.54) is 32.4 Å². The van der Waals surface area contributed by atoms with Crippen molar-refractivity contribution in [2.45, 2.75) is 51.7 Å². The Bertz CT molecular complexity index is 424. The number of amides is 1. The number of rotatable bonds is 1. The summed E-state index contributed by atoms with van der Waals surface area (Å²) >= 11 is 0. The van der Waals surface area contributed by atoms with Crippen LogP contribution < -0.4 is 0 Å². The molecule has 0 radical (unpaired) electrons. The van der Waals surface area contributed by atoms with Crippen molar-refractivity contribution >= 4 is 15.5 Å². The number of nitrogens with zero attached hydrogens (tertiary/aromatic N) is 3. The lowest BCUT2D eigenvalue weighted by molar-refractivity contribution is -0.0348. The topological polar surface area (TPSA) is 36.0 Å². The largest absolute Gasteiger partial charge is 0.444 e. The van der Waals surface area contributed by atoms with E-state index in [9.17, 15) is 4.79 Å². The lowest BCUT2D eigenvalue weighted by Gasteiger charge is -2.48. The van der Waals surface area contributed by atoms with Gasteiger partial charge < -0.3 is 9.64 Å². The van der Waals surface area contributed by atoms with E-state index in [-0.39, 0.29) is 6.09 Å². The van der Waals surface area contributed by atoms with Crippen LogP contribution in [0.1, 0.15) is 40.0 Å². The maximum Gasteiger partial charge on any atom is 0.410 e. The van der Waals surface area contributed by atoms with Gasteiger partial charge in [0.05, 0.1) is 0 Å². The molecule has 1 unspecified atom stereocenters. The molecular formula is C16H30N3O2P. The zero-order valence-electron chi connectivity index (χ0n) is 14.2. The van der Waals surface area contributed by atoms with Crippen molar-refractivity contribution in [1.82, 2.24) is 14.5 Å². The standard InChI is InChI=1S/C16H30N3O2P/c1-15(2,3)21-14(20)18-11-16(12-18)5-4-13(10-16)17-6-8-19(22)9-7-17/h13H,4-12,22H2,1-3H3/t13-/m1/s1. The van der Waals surface area contributed by atoms with Gasteiger partial charge in [-0.15, -0.1) is 0 Å². The molecule has 2 saturated heterocycles. The third-order valence-electron chi connectivity index (χ3n) is 5.25. The summed E-state index contributed by atoms with van der Waals surface area (Å²) in [6.07, 6.45) is 3.67. The molecule has 1 amide bonds.